The van der Waals surface area contributed by atoms with Gasteiger partial charge in [0.1, 0.15) is 36.6 Å². The molecule has 2 bridgehead atoms. The van der Waals surface area contributed by atoms with Gasteiger partial charge in [-0.15, -0.1) is 0 Å². The van der Waals surface area contributed by atoms with Gasteiger partial charge in [0.25, 0.3) is 0 Å². The summed E-state index contributed by atoms with van der Waals surface area (Å²) in [4.78, 5) is 78.3. The van der Waals surface area contributed by atoms with E-state index in [1.54, 1.807) is 12.2 Å². The molecule has 0 radical (unpaired) electrons. The number of Topliss-reactive ketones (excluding diaryl/α,β-unsaturated/α-hetero) is 1. The Morgan fingerprint density at radius 2 is 1.45 bits per heavy atom. The van der Waals surface area contributed by atoms with E-state index in [-0.39, 0.29) is 37.9 Å². The number of carbonyl (C=O) groups is 3. The third kappa shape index (κ3) is 27.1. The van der Waals surface area contributed by atoms with Gasteiger partial charge in [0.2, 0.25) is 0 Å². The standard InChI is InChI=1S/C53H91N3O18P2/c1-4-6-21-27-40(57)31-32-42-44(58)35-45(59)43-28-23-19-20-24-29-48(60)69-36-41(72-49(61)30-25-18-16-14-12-10-8-7-9-11-13-15-17-22-26-39(3)5-2)37-70-75(65,66)74-76(67,68)71-38-46(51(63)50(42)62)73-52(43)56-34-33-47(54)55-53(56)64/h19,23,31-34,39-43,45-46,50-52,57,59,62-63H,4-18,20-22,24-30,35-38H2,1-3H3,(H,65,66)(H,67,68)(H2,54,55,64)/b23-19-,32-31+/t39?,40-,41+,42-,43-,45-,46+,50-,51+,52+/m0/s1. The summed E-state index contributed by atoms with van der Waals surface area (Å²) in [7, 11) is -11.3. The Kier molecular flexibility index (Phi) is 32.6. The number of ketones is 1. The highest BCUT2D eigenvalue weighted by molar-refractivity contribution is 7.61. The summed E-state index contributed by atoms with van der Waals surface area (Å²) >= 11 is 0. The smallest absolute Gasteiger partial charge is 0.462 e. The van der Waals surface area contributed by atoms with Crippen molar-refractivity contribution in [3.8, 4) is 0 Å². The molecule has 436 valence electrons. The second-order valence-corrected chi connectivity index (χ2v) is 23.5. The van der Waals surface area contributed by atoms with Crippen molar-refractivity contribution in [2.24, 2.45) is 17.8 Å². The average molecular weight is 1120 g/mol. The fraction of sp³-hybridized carbons (Fsp3) is 0.792. The molecule has 0 aromatic carbocycles. The highest BCUT2D eigenvalue weighted by Gasteiger charge is 2.45. The fourth-order valence-corrected chi connectivity index (χ4v) is 11.2. The highest BCUT2D eigenvalue weighted by Crippen LogP contribution is 2.60. The van der Waals surface area contributed by atoms with Crippen molar-refractivity contribution in [2.75, 3.05) is 25.6 Å². The van der Waals surface area contributed by atoms with Gasteiger partial charge in [0.15, 0.2) is 6.10 Å². The largest absolute Gasteiger partial charge is 0.481 e. The Morgan fingerprint density at radius 3 is 2.07 bits per heavy atom. The maximum Gasteiger partial charge on any atom is 0.481 e. The highest BCUT2D eigenvalue weighted by atomic mass is 31.3. The van der Waals surface area contributed by atoms with E-state index in [1.807, 2.05) is 6.92 Å². The van der Waals surface area contributed by atoms with E-state index in [9.17, 15) is 58.5 Å². The maximum atomic E-state index is 14.0. The molecular formula is C53H91N3O18P2. The predicted octanol–water partition coefficient (Wildman–Crippen LogP) is 8.62. The van der Waals surface area contributed by atoms with E-state index < -0.39 is 120 Å². The lowest BCUT2D eigenvalue weighted by molar-refractivity contribution is -0.186. The van der Waals surface area contributed by atoms with Gasteiger partial charge >= 0.3 is 33.3 Å². The zero-order valence-electron chi connectivity index (χ0n) is 45.2. The molecule has 76 heavy (non-hydrogen) atoms. The van der Waals surface area contributed by atoms with Gasteiger partial charge in [0.05, 0.1) is 37.4 Å². The third-order valence-electron chi connectivity index (χ3n) is 13.9. The van der Waals surface area contributed by atoms with E-state index in [4.69, 9.17) is 29.0 Å². The summed E-state index contributed by atoms with van der Waals surface area (Å²) in [6.45, 7) is 3.80. The number of phosphoric ester groups is 2. The van der Waals surface area contributed by atoms with Gasteiger partial charge in [-0.2, -0.15) is 9.29 Å². The van der Waals surface area contributed by atoms with Crippen molar-refractivity contribution < 1.29 is 81.3 Å². The van der Waals surface area contributed by atoms with Crippen LogP contribution >= 0.6 is 15.6 Å². The number of cyclic esters (lactones) is 1. The number of allylic oxidation sites excluding steroid dienone is 2. The lowest BCUT2D eigenvalue weighted by atomic mass is 9.83. The SMILES string of the molecule is CCCCC[C@H](O)/C=C/[C@H]1C(=O)C[C@H](O)[C@@H]2C/C=C\CCCC(=O)OC[C@@H](OC(=O)CCCCCCCCCCCCCCCCC(C)CC)COP(=O)(O)OP(=O)(O)OC[C@@H](O[C@H]2n2ccc(N)nc2=O)[C@@H](O)[C@H]1O. The number of anilines is 1. The second-order valence-electron chi connectivity index (χ2n) is 20.5. The summed E-state index contributed by atoms with van der Waals surface area (Å²) in [6, 6.07) is 1.23. The number of rotatable bonds is 26. The van der Waals surface area contributed by atoms with Crippen molar-refractivity contribution in [2.45, 2.75) is 231 Å². The monoisotopic (exact) mass is 1120 g/mol. The number of nitrogens with two attached hydrogens (primary N) is 1. The van der Waals surface area contributed by atoms with E-state index in [0.29, 0.717) is 19.3 Å². The van der Waals surface area contributed by atoms with E-state index in [1.165, 1.54) is 88.8 Å². The van der Waals surface area contributed by atoms with Crippen LogP contribution in [0.2, 0.25) is 0 Å². The predicted molar refractivity (Wildman–Crippen MR) is 285 cm³/mol. The molecule has 1 aromatic rings. The number of unbranched alkanes of at least 4 members (excludes halogenated alkanes) is 15. The summed E-state index contributed by atoms with van der Waals surface area (Å²) in [6.07, 6.45) is 15.6. The van der Waals surface area contributed by atoms with E-state index in [0.717, 1.165) is 55.2 Å². The number of hydrogen-bond donors (Lipinski definition) is 7. The van der Waals surface area contributed by atoms with Crippen LogP contribution in [0.1, 0.15) is 194 Å². The molecule has 1 saturated heterocycles. The number of hydrogen-bond acceptors (Lipinski definition) is 18. The minimum atomic E-state index is -5.73. The van der Waals surface area contributed by atoms with Gasteiger partial charge in [-0.25, -0.2) is 13.9 Å². The molecule has 0 amide bonds. The first-order chi connectivity index (χ1) is 36.3. The molecule has 3 heterocycles. The normalized spacial score (nSPS) is 29.3. The quantitative estimate of drug-likeness (QED) is 0.0197. The Balaban J connectivity index is 1.73. The number of phosphoric acid groups is 2. The van der Waals surface area contributed by atoms with Crippen LogP contribution in [0, 0.1) is 17.8 Å². The molecule has 23 heteroatoms. The second kappa shape index (κ2) is 36.9. The fourth-order valence-electron chi connectivity index (χ4n) is 9.10. The summed E-state index contributed by atoms with van der Waals surface area (Å²) in [5, 5.41) is 45.8. The first-order valence-electron chi connectivity index (χ1n) is 27.8. The molecule has 3 unspecified atom stereocenters. The first-order valence-corrected chi connectivity index (χ1v) is 30.8. The molecule has 2 aliphatic heterocycles. The zero-order chi connectivity index (χ0) is 55.9. The van der Waals surface area contributed by atoms with Crippen LogP contribution in [0.25, 0.3) is 0 Å². The number of esters is 2. The number of ether oxygens (including phenoxy) is 3. The van der Waals surface area contributed by atoms with Crippen LogP contribution in [-0.4, -0.2) is 114 Å². The number of nitrogens with zero attached hydrogens (tertiary/aromatic N) is 2. The number of carbonyl (C=O) groups excluding carboxylic acids is 3. The van der Waals surface area contributed by atoms with Crippen LogP contribution in [0.3, 0.4) is 0 Å². The molecule has 0 saturated carbocycles. The minimum absolute atomic E-state index is 0.000418. The number of aliphatic hydroxyl groups excluding tert-OH is 4. The van der Waals surface area contributed by atoms with Gasteiger partial charge in [-0.1, -0.05) is 161 Å². The molecule has 8 N–H and O–H groups in total. The Hall–Kier alpha value is -3.17. The molecule has 0 aliphatic carbocycles. The lowest BCUT2D eigenvalue weighted by Crippen LogP contribution is -2.51. The van der Waals surface area contributed by atoms with Crippen molar-refractivity contribution in [1.82, 2.24) is 9.55 Å². The van der Waals surface area contributed by atoms with Crippen molar-refractivity contribution in [3.05, 3.63) is 47.1 Å². The number of aliphatic hydroxyl groups is 4. The number of nitrogen functional groups attached to an aromatic ring is 1. The van der Waals surface area contributed by atoms with Crippen molar-refractivity contribution in [3.63, 3.8) is 0 Å². The van der Waals surface area contributed by atoms with Crippen LogP contribution in [-0.2, 0) is 51.1 Å². The average Bonchev–Trinajstić information content (AvgIpc) is 3.36. The van der Waals surface area contributed by atoms with Crippen LogP contribution < -0.4 is 11.4 Å². The molecule has 21 nitrogen and oxygen atoms in total. The Morgan fingerprint density at radius 1 is 0.842 bits per heavy atom. The molecule has 1 fully saturated rings. The van der Waals surface area contributed by atoms with Crippen LogP contribution in [0.15, 0.2) is 41.4 Å². The summed E-state index contributed by atoms with van der Waals surface area (Å²) in [5.41, 5.74) is 4.75. The Labute approximate surface area is 449 Å². The van der Waals surface area contributed by atoms with Crippen molar-refractivity contribution in [1.29, 1.82) is 0 Å². The molecular weight excluding hydrogens is 1030 g/mol. The van der Waals surface area contributed by atoms with Gasteiger partial charge < -0.3 is 50.2 Å². The van der Waals surface area contributed by atoms with E-state index >= 15 is 0 Å². The molecule has 3 rings (SSSR count). The van der Waals surface area contributed by atoms with Crippen LogP contribution in [0.4, 0.5) is 5.82 Å². The number of fused-ring (bicyclic) bond motifs is 3. The maximum absolute atomic E-state index is 14.0. The van der Waals surface area contributed by atoms with E-state index in [2.05, 4.69) is 23.1 Å². The summed E-state index contributed by atoms with van der Waals surface area (Å²) < 4.78 is 59.1. The van der Waals surface area contributed by atoms with Gasteiger partial charge in [-0.05, 0) is 44.1 Å². The molecule has 1 aromatic heterocycles. The Bertz CT molecular complexity index is 2060. The number of aromatic nitrogens is 2. The zero-order valence-corrected chi connectivity index (χ0v) is 47.0. The van der Waals surface area contributed by atoms with Gasteiger partial charge in [0, 0.05) is 31.4 Å². The molecule has 12 atom stereocenters. The van der Waals surface area contributed by atoms with Crippen molar-refractivity contribution >= 4 is 39.2 Å². The third-order valence-corrected chi connectivity index (χ3v) is 16.5. The molecule has 2 aliphatic rings. The topological polar surface area (TPSA) is 323 Å². The van der Waals surface area contributed by atoms with Crippen LogP contribution in [0.5, 0.6) is 0 Å². The first kappa shape index (κ1) is 67.1. The lowest BCUT2D eigenvalue weighted by Gasteiger charge is -2.39. The minimum Gasteiger partial charge on any atom is -0.462 e. The summed E-state index contributed by atoms with van der Waals surface area (Å²) in [5.74, 6) is -4.39. The van der Waals surface area contributed by atoms with Gasteiger partial charge in [-0.3, -0.25) is 28.0 Å². The molecule has 0 spiro atoms.